The molecule has 1 aromatic heterocycles. The van der Waals surface area contributed by atoms with Crippen molar-refractivity contribution in [3.63, 3.8) is 0 Å². The van der Waals surface area contributed by atoms with Crippen molar-refractivity contribution in [2.45, 2.75) is 13.0 Å². The van der Waals surface area contributed by atoms with Crippen LogP contribution in [-0.4, -0.2) is 23.3 Å². The maximum atomic E-state index is 6.05. The summed E-state index contributed by atoms with van der Waals surface area (Å²) in [6.07, 6.45) is 0.879. The molecule has 0 aliphatic carbocycles. The molecule has 0 saturated heterocycles. The van der Waals surface area contributed by atoms with E-state index in [1.165, 1.54) is 10.8 Å². The fourth-order valence-electron chi connectivity index (χ4n) is 3.95. The van der Waals surface area contributed by atoms with E-state index in [-0.39, 0.29) is 0 Å². The highest BCUT2D eigenvalue weighted by atomic mass is 16.5. The van der Waals surface area contributed by atoms with Gasteiger partial charge >= 0.3 is 0 Å². The van der Waals surface area contributed by atoms with E-state index in [2.05, 4.69) is 65.2 Å². The van der Waals surface area contributed by atoms with Crippen molar-refractivity contribution < 1.29 is 9.47 Å². The van der Waals surface area contributed by atoms with Crippen LogP contribution < -0.4 is 9.47 Å². The lowest BCUT2D eigenvalue weighted by Crippen LogP contribution is -2.06. The summed E-state index contributed by atoms with van der Waals surface area (Å²) in [7, 11) is 1.69. The lowest BCUT2D eigenvalue weighted by Gasteiger charge is -2.11. The Morgan fingerprint density at radius 1 is 0.774 bits per heavy atom. The van der Waals surface area contributed by atoms with Crippen molar-refractivity contribution in [2.24, 2.45) is 0 Å². The second kappa shape index (κ2) is 8.52. The predicted molar refractivity (Wildman–Crippen MR) is 126 cm³/mol. The first-order chi connectivity index (χ1) is 15.3. The molecule has 154 valence electrons. The van der Waals surface area contributed by atoms with E-state index in [0.717, 1.165) is 46.9 Å². The van der Waals surface area contributed by atoms with E-state index in [4.69, 9.17) is 14.5 Å². The van der Waals surface area contributed by atoms with Gasteiger partial charge in [0.05, 0.1) is 24.8 Å². The molecule has 4 heteroatoms. The first-order valence-electron chi connectivity index (χ1n) is 10.5. The Morgan fingerprint density at radius 2 is 1.61 bits per heavy atom. The number of methoxy groups -OCH3 is 1. The largest absolute Gasteiger partial charge is 0.497 e. The Morgan fingerprint density at radius 3 is 2.52 bits per heavy atom. The van der Waals surface area contributed by atoms with Crippen molar-refractivity contribution in [3.8, 4) is 22.9 Å². The molecule has 0 radical (unpaired) electrons. The van der Waals surface area contributed by atoms with Crippen LogP contribution in [0.2, 0.25) is 0 Å². The van der Waals surface area contributed by atoms with E-state index in [9.17, 15) is 0 Å². The maximum Gasteiger partial charge on any atom is 0.141 e. The summed E-state index contributed by atoms with van der Waals surface area (Å²) in [4.78, 5) is 4.90. The van der Waals surface area contributed by atoms with E-state index in [1.807, 2.05) is 30.3 Å². The first-order valence-corrected chi connectivity index (χ1v) is 10.5. The minimum Gasteiger partial charge on any atom is -0.497 e. The molecule has 0 saturated carbocycles. The van der Waals surface area contributed by atoms with Gasteiger partial charge in [-0.2, -0.15) is 0 Å². The predicted octanol–water partition coefficient (Wildman–Crippen LogP) is 6.33. The van der Waals surface area contributed by atoms with Crippen molar-refractivity contribution in [2.75, 3.05) is 13.7 Å². The number of ether oxygens (including phenoxy) is 2. The summed E-state index contributed by atoms with van der Waals surface area (Å²) >= 11 is 0. The minimum absolute atomic E-state index is 0.641. The Kier molecular flexibility index (Phi) is 5.28. The smallest absolute Gasteiger partial charge is 0.141 e. The molecule has 0 unspecified atom stereocenters. The van der Waals surface area contributed by atoms with Crippen LogP contribution in [0.4, 0.5) is 0 Å². The number of benzene rings is 4. The summed E-state index contributed by atoms with van der Waals surface area (Å²) in [5, 5.41) is 2.42. The van der Waals surface area contributed by atoms with Gasteiger partial charge in [0, 0.05) is 12.1 Å². The van der Waals surface area contributed by atoms with Gasteiger partial charge in [-0.3, -0.25) is 0 Å². The van der Waals surface area contributed by atoms with Crippen LogP contribution in [0.1, 0.15) is 6.42 Å². The zero-order valence-electron chi connectivity index (χ0n) is 17.5. The molecular formula is C27H24N2O2. The van der Waals surface area contributed by atoms with E-state index in [0.29, 0.717) is 6.61 Å². The number of hydrogen-bond acceptors (Lipinski definition) is 3. The molecule has 5 aromatic rings. The van der Waals surface area contributed by atoms with Gasteiger partial charge in [0.15, 0.2) is 0 Å². The molecule has 0 amide bonds. The SMILES string of the molecule is COc1cccc(-c2nc3ccccc3n2CCCOc2ccc3ccccc3c2)c1. The lowest BCUT2D eigenvalue weighted by molar-refractivity contribution is 0.303. The van der Waals surface area contributed by atoms with Crippen LogP contribution in [0.15, 0.2) is 91.0 Å². The summed E-state index contributed by atoms with van der Waals surface area (Å²) < 4.78 is 13.7. The Balaban J connectivity index is 1.35. The van der Waals surface area contributed by atoms with Crippen molar-refractivity contribution >= 4 is 21.8 Å². The third kappa shape index (κ3) is 3.97. The molecule has 0 aliphatic rings. The number of para-hydroxylation sites is 2. The Bertz CT molecular complexity index is 1340. The summed E-state index contributed by atoms with van der Waals surface area (Å²) in [5.41, 5.74) is 3.17. The molecule has 0 N–H and O–H groups in total. The lowest BCUT2D eigenvalue weighted by atomic mass is 10.1. The number of imidazole rings is 1. The van der Waals surface area contributed by atoms with E-state index < -0.39 is 0 Å². The standard InChI is InChI=1S/C27H24N2O2/c1-30-23-11-6-10-22(19-23)27-28-25-12-4-5-13-26(25)29(27)16-7-17-31-24-15-14-20-8-2-3-9-21(20)18-24/h2-6,8-15,18-19H,7,16-17H2,1H3. The molecule has 31 heavy (non-hydrogen) atoms. The highest BCUT2D eigenvalue weighted by Gasteiger charge is 2.13. The molecule has 5 rings (SSSR count). The number of hydrogen-bond donors (Lipinski definition) is 0. The molecule has 0 atom stereocenters. The fraction of sp³-hybridized carbons (Fsp3) is 0.148. The topological polar surface area (TPSA) is 36.3 Å². The normalized spacial score (nSPS) is 11.1. The Labute approximate surface area is 181 Å². The monoisotopic (exact) mass is 408 g/mol. The molecule has 4 aromatic carbocycles. The van der Waals surface area contributed by atoms with Gasteiger partial charge in [0.2, 0.25) is 0 Å². The zero-order valence-corrected chi connectivity index (χ0v) is 17.5. The number of aromatic nitrogens is 2. The first kappa shape index (κ1) is 19.2. The molecular weight excluding hydrogens is 384 g/mol. The van der Waals surface area contributed by atoms with Crippen molar-refractivity contribution in [3.05, 3.63) is 91.0 Å². The molecule has 0 fully saturated rings. The fourth-order valence-corrected chi connectivity index (χ4v) is 3.95. The van der Waals surface area contributed by atoms with E-state index in [1.54, 1.807) is 7.11 Å². The molecule has 0 bridgehead atoms. The van der Waals surface area contributed by atoms with Crippen molar-refractivity contribution in [1.82, 2.24) is 9.55 Å². The highest BCUT2D eigenvalue weighted by molar-refractivity contribution is 5.83. The maximum absolute atomic E-state index is 6.05. The average molecular weight is 409 g/mol. The van der Waals surface area contributed by atoms with Crippen LogP contribution in [-0.2, 0) is 6.54 Å². The summed E-state index contributed by atoms with van der Waals surface area (Å²) in [5.74, 6) is 2.68. The van der Waals surface area contributed by atoms with Crippen LogP contribution in [0.25, 0.3) is 33.2 Å². The van der Waals surface area contributed by atoms with Gasteiger partial charge in [0.25, 0.3) is 0 Å². The van der Waals surface area contributed by atoms with Crippen LogP contribution in [0, 0.1) is 0 Å². The number of fused-ring (bicyclic) bond motifs is 2. The Hall–Kier alpha value is -3.79. The number of nitrogens with zero attached hydrogens (tertiary/aromatic N) is 2. The van der Waals surface area contributed by atoms with Crippen molar-refractivity contribution in [1.29, 1.82) is 0 Å². The number of rotatable bonds is 7. The van der Waals surface area contributed by atoms with Gasteiger partial charge in [-0.15, -0.1) is 0 Å². The quantitative estimate of drug-likeness (QED) is 0.295. The third-order valence-electron chi connectivity index (χ3n) is 5.50. The number of aryl methyl sites for hydroxylation is 1. The molecule has 0 spiro atoms. The van der Waals surface area contributed by atoms with E-state index >= 15 is 0 Å². The second-order valence-electron chi connectivity index (χ2n) is 7.52. The van der Waals surface area contributed by atoms with Gasteiger partial charge in [0.1, 0.15) is 17.3 Å². The summed E-state index contributed by atoms with van der Waals surface area (Å²) in [6, 6.07) is 30.9. The van der Waals surface area contributed by atoms with Gasteiger partial charge in [-0.1, -0.05) is 54.6 Å². The van der Waals surface area contributed by atoms with Crippen LogP contribution >= 0.6 is 0 Å². The summed E-state index contributed by atoms with van der Waals surface area (Å²) in [6.45, 7) is 1.46. The van der Waals surface area contributed by atoms with Crippen LogP contribution in [0.5, 0.6) is 11.5 Å². The molecule has 0 aliphatic heterocycles. The minimum atomic E-state index is 0.641. The highest BCUT2D eigenvalue weighted by Crippen LogP contribution is 2.28. The van der Waals surface area contributed by atoms with Gasteiger partial charge in [-0.05, 0) is 53.6 Å². The second-order valence-corrected chi connectivity index (χ2v) is 7.52. The van der Waals surface area contributed by atoms with Crippen LogP contribution in [0.3, 0.4) is 0 Å². The van der Waals surface area contributed by atoms with Gasteiger partial charge < -0.3 is 14.0 Å². The average Bonchev–Trinajstić information content (AvgIpc) is 3.20. The zero-order chi connectivity index (χ0) is 21.0. The van der Waals surface area contributed by atoms with Gasteiger partial charge in [-0.25, -0.2) is 4.98 Å². The molecule has 4 nitrogen and oxygen atoms in total. The molecule has 1 heterocycles. The third-order valence-corrected chi connectivity index (χ3v) is 5.50.